The van der Waals surface area contributed by atoms with Crippen molar-refractivity contribution in [1.29, 1.82) is 0 Å². The lowest BCUT2D eigenvalue weighted by Gasteiger charge is -2.24. The van der Waals surface area contributed by atoms with E-state index < -0.39 is 37.6 Å². The average Bonchev–Trinajstić information content (AvgIpc) is 2.12. The molecular weight excluding hydrogens is 170 g/mol. The van der Waals surface area contributed by atoms with Gasteiger partial charge < -0.3 is 30.6 Å². The van der Waals surface area contributed by atoms with Gasteiger partial charge in [0.25, 0.3) is 0 Å². The lowest BCUT2D eigenvalue weighted by molar-refractivity contribution is -0.123. The van der Waals surface area contributed by atoms with E-state index in [9.17, 15) is 0 Å². The number of aliphatic hydroxyl groups is 6. The Morgan fingerprint density at radius 3 is 1.83 bits per heavy atom. The SMILES string of the molecule is OCC(O)C(O)C(O)C(O)[14CH2]O. The van der Waals surface area contributed by atoms with E-state index in [0.29, 0.717) is 0 Å². The molecule has 6 N–H and O–H groups in total. The van der Waals surface area contributed by atoms with Crippen LogP contribution < -0.4 is 0 Å². The molecule has 0 amide bonds. The molecule has 0 spiro atoms. The zero-order chi connectivity index (χ0) is 9.72. The Labute approximate surface area is 69.3 Å². The second-order valence-corrected chi connectivity index (χ2v) is 2.48. The smallest absolute Gasteiger partial charge is 0.111 e. The Kier molecular flexibility index (Phi) is 5.31. The molecule has 74 valence electrons. The molecule has 0 aliphatic rings. The van der Waals surface area contributed by atoms with Crippen LogP contribution in [-0.2, 0) is 0 Å². The summed E-state index contributed by atoms with van der Waals surface area (Å²) in [5.74, 6) is 0. The molecule has 0 aliphatic carbocycles. The first-order valence-corrected chi connectivity index (χ1v) is 3.48. The molecule has 6 nitrogen and oxygen atoms in total. The number of rotatable bonds is 5. The van der Waals surface area contributed by atoms with E-state index in [-0.39, 0.29) is 0 Å². The third-order valence-corrected chi connectivity index (χ3v) is 1.51. The first-order valence-electron chi connectivity index (χ1n) is 3.48. The summed E-state index contributed by atoms with van der Waals surface area (Å²) in [7, 11) is 0. The Morgan fingerprint density at radius 1 is 1.00 bits per heavy atom. The van der Waals surface area contributed by atoms with E-state index in [2.05, 4.69) is 0 Å². The number of aliphatic hydroxyl groups excluding tert-OH is 6. The van der Waals surface area contributed by atoms with Gasteiger partial charge in [-0.05, 0) is 0 Å². The highest BCUT2D eigenvalue weighted by atomic mass is 16.5. The van der Waals surface area contributed by atoms with Gasteiger partial charge in [0.2, 0.25) is 0 Å². The second kappa shape index (κ2) is 5.41. The predicted octanol–water partition coefficient (Wildman–Crippen LogP) is -3.59. The summed E-state index contributed by atoms with van der Waals surface area (Å²) in [6.45, 7) is -1.45. The first kappa shape index (κ1) is 11.8. The molecule has 0 saturated carbocycles. The normalized spacial score (nSPS) is 21.5. The minimum Gasteiger partial charge on any atom is -0.394 e. The van der Waals surface area contributed by atoms with Crippen molar-refractivity contribution >= 4 is 0 Å². The highest BCUT2D eigenvalue weighted by molar-refractivity contribution is 4.79. The van der Waals surface area contributed by atoms with E-state index in [1.807, 2.05) is 0 Å². The van der Waals surface area contributed by atoms with E-state index in [1.165, 1.54) is 0 Å². The van der Waals surface area contributed by atoms with E-state index >= 15 is 0 Å². The fourth-order valence-electron chi connectivity index (χ4n) is 0.671. The maximum atomic E-state index is 8.96. The van der Waals surface area contributed by atoms with Crippen molar-refractivity contribution < 1.29 is 30.6 Å². The highest BCUT2D eigenvalue weighted by Gasteiger charge is 2.29. The maximum Gasteiger partial charge on any atom is 0.111 e. The minimum atomic E-state index is -1.67. The Bertz CT molecular complexity index is 105. The van der Waals surface area contributed by atoms with E-state index in [0.717, 1.165) is 0 Å². The second-order valence-electron chi connectivity index (χ2n) is 2.48. The van der Waals surface area contributed by atoms with Crippen molar-refractivity contribution in [2.45, 2.75) is 24.4 Å². The summed E-state index contributed by atoms with van der Waals surface area (Å²) in [6.07, 6.45) is -6.39. The highest BCUT2D eigenvalue weighted by Crippen LogP contribution is 2.03. The molecule has 0 bridgehead atoms. The zero-order valence-electron chi connectivity index (χ0n) is 6.41. The van der Waals surface area contributed by atoms with Crippen LogP contribution in [0.15, 0.2) is 0 Å². The molecule has 12 heavy (non-hydrogen) atoms. The quantitative estimate of drug-likeness (QED) is 0.263. The van der Waals surface area contributed by atoms with Gasteiger partial charge in [-0.1, -0.05) is 0 Å². The third-order valence-electron chi connectivity index (χ3n) is 1.51. The fourth-order valence-corrected chi connectivity index (χ4v) is 0.671. The largest absolute Gasteiger partial charge is 0.394 e. The van der Waals surface area contributed by atoms with Gasteiger partial charge in [-0.25, -0.2) is 0 Å². The van der Waals surface area contributed by atoms with Gasteiger partial charge in [0.15, 0.2) is 0 Å². The molecule has 0 aliphatic heterocycles. The van der Waals surface area contributed by atoms with Crippen molar-refractivity contribution in [3.8, 4) is 0 Å². The fraction of sp³-hybridized carbons (Fsp3) is 1.00. The van der Waals surface area contributed by atoms with Crippen LogP contribution in [0, 0.1) is 0 Å². The average molecular weight is 184 g/mol. The van der Waals surface area contributed by atoms with Crippen LogP contribution in [0.25, 0.3) is 0 Å². The van der Waals surface area contributed by atoms with Crippen LogP contribution in [-0.4, -0.2) is 68.3 Å². The van der Waals surface area contributed by atoms with Crippen molar-refractivity contribution in [2.75, 3.05) is 13.2 Å². The summed E-state index contributed by atoms with van der Waals surface area (Å²) in [5, 5.41) is 52.2. The van der Waals surface area contributed by atoms with Gasteiger partial charge in [-0.2, -0.15) is 0 Å². The summed E-state index contributed by atoms with van der Waals surface area (Å²) < 4.78 is 0. The van der Waals surface area contributed by atoms with Crippen LogP contribution in [0.4, 0.5) is 0 Å². The van der Waals surface area contributed by atoms with Crippen molar-refractivity contribution in [3.05, 3.63) is 0 Å². The molecule has 0 fully saturated rings. The molecule has 4 unspecified atom stereocenters. The van der Waals surface area contributed by atoms with Crippen molar-refractivity contribution in [1.82, 2.24) is 0 Å². The number of hydrogen-bond donors (Lipinski definition) is 6. The molecule has 0 heterocycles. The van der Waals surface area contributed by atoms with Crippen molar-refractivity contribution in [3.63, 3.8) is 0 Å². The van der Waals surface area contributed by atoms with Crippen LogP contribution in [0.3, 0.4) is 0 Å². The Hall–Kier alpha value is -0.240. The topological polar surface area (TPSA) is 121 Å². The lowest BCUT2D eigenvalue weighted by atomic mass is 10.1. The lowest BCUT2D eigenvalue weighted by Crippen LogP contribution is -2.46. The molecule has 0 rings (SSSR count). The molecule has 0 aromatic carbocycles. The van der Waals surface area contributed by atoms with Gasteiger partial charge >= 0.3 is 0 Å². The van der Waals surface area contributed by atoms with Crippen LogP contribution in [0.1, 0.15) is 0 Å². The molecule has 0 aromatic heterocycles. The molecule has 4 atom stereocenters. The molecule has 0 radical (unpaired) electrons. The van der Waals surface area contributed by atoms with E-state index in [1.54, 1.807) is 0 Å². The van der Waals surface area contributed by atoms with Crippen LogP contribution in [0.5, 0.6) is 0 Å². The molecule has 6 heteroatoms. The van der Waals surface area contributed by atoms with Gasteiger partial charge in [0, 0.05) is 0 Å². The molecule has 0 saturated heterocycles. The van der Waals surface area contributed by atoms with Gasteiger partial charge in [-0.15, -0.1) is 0 Å². The summed E-state index contributed by atoms with van der Waals surface area (Å²) >= 11 is 0. The first-order chi connectivity index (χ1) is 5.54. The Balaban J connectivity index is 3.99. The maximum absolute atomic E-state index is 8.96. The van der Waals surface area contributed by atoms with Crippen LogP contribution >= 0.6 is 0 Å². The molecule has 0 aromatic rings. The molecular formula is C6H14O6. The monoisotopic (exact) mass is 184 g/mol. The van der Waals surface area contributed by atoms with Crippen molar-refractivity contribution in [2.24, 2.45) is 0 Å². The summed E-state index contributed by atoms with van der Waals surface area (Å²) in [6, 6.07) is 0. The standard InChI is InChI=1S/C6H14O6/c7-1-3(9)5(11)6(12)4(10)2-8/h3-12H,1-2H2/i1+2. The van der Waals surface area contributed by atoms with Gasteiger partial charge in [-0.3, -0.25) is 0 Å². The van der Waals surface area contributed by atoms with Gasteiger partial charge in [0.05, 0.1) is 13.2 Å². The third kappa shape index (κ3) is 3.02. The summed E-state index contributed by atoms with van der Waals surface area (Å²) in [5.41, 5.74) is 0. The van der Waals surface area contributed by atoms with Gasteiger partial charge in [0.1, 0.15) is 24.4 Å². The van der Waals surface area contributed by atoms with E-state index in [4.69, 9.17) is 30.6 Å². The summed E-state index contributed by atoms with van der Waals surface area (Å²) in [4.78, 5) is 0. The predicted molar refractivity (Wildman–Crippen MR) is 38.2 cm³/mol. The van der Waals surface area contributed by atoms with Crippen LogP contribution in [0.2, 0.25) is 0 Å². The minimum absolute atomic E-state index is 0.726. The zero-order valence-corrected chi connectivity index (χ0v) is 6.41. The Morgan fingerprint density at radius 2 is 1.50 bits per heavy atom. The number of hydrogen-bond acceptors (Lipinski definition) is 6.